The monoisotopic (exact) mass is 232 g/mol. The smallest absolute Gasteiger partial charge is 0.0753 e. The first-order valence-corrected chi connectivity index (χ1v) is 6.17. The van der Waals surface area contributed by atoms with Crippen LogP contribution in [0.2, 0.25) is 0 Å². The van der Waals surface area contributed by atoms with Gasteiger partial charge in [0.25, 0.3) is 0 Å². The normalized spacial score (nSPS) is 28.6. The molecule has 0 saturated heterocycles. The zero-order chi connectivity index (χ0) is 12.3. The maximum atomic E-state index is 9.70. The largest absolute Gasteiger partial charge is 0.389 e. The molecule has 0 aliphatic heterocycles. The van der Waals surface area contributed by atoms with E-state index in [1.54, 1.807) is 0 Å². The average molecular weight is 232 g/mol. The Balaban J connectivity index is 1.81. The molecule has 0 amide bonds. The van der Waals surface area contributed by atoms with Crippen LogP contribution >= 0.6 is 0 Å². The molecule has 0 radical (unpaired) electrons. The molecule has 1 saturated carbocycles. The minimum atomic E-state index is -0.338. The van der Waals surface area contributed by atoms with E-state index in [1.807, 2.05) is 18.2 Å². The Hall–Kier alpha value is -1.12. The summed E-state index contributed by atoms with van der Waals surface area (Å²) in [4.78, 5) is 0. The number of hydrogen-bond donors (Lipinski definition) is 1. The van der Waals surface area contributed by atoms with Crippen LogP contribution in [-0.4, -0.2) is 17.8 Å². The third kappa shape index (κ3) is 2.96. The highest BCUT2D eigenvalue weighted by Crippen LogP contribution is 2.35. The zero-order valence-corrected chi connectivity index (χ0v) is 10.3. The van der Waals surface area contributed by atoms with Crippen LogP contribution in [0.15, 0.2) is 42.5 Å². The molecule has 1 N–H and O–H groups in total. The van der Waals surface area contributed by atoms with E-state index in [9.17, 15) is 5.11 Å². The fraction of sp³-hybridized carbons (Fsp3) is 0.467. The summed E-state index contributed by atoms with van der Waals surface area (Å²) >= 11 is 0. The van der Waals surface area contributed by atoms with Crippen molar-refractivity contribution >= 4 is 0 Å². The molecule has 17 heavy (non-hydrogen) atoms. The SMILES string of the molecule is C=C1[C@H](O)C[C@H](C)[C@H]1COCc1ccccc1. The first-order chi connectivity index (χ1) is 8.18. The second kappa shape index (κ2) is 5.48. The van der Waals surface area contributed by atoms with E-state index in [4.69, 9.17) is 4.74 Å². The minimum absolute atomic E-state index is 0.300. The molecule has 0 aromatic heterocycles. The van der Waals surface area contributed by atoms with Crippen molar-refractivity contribution in [3.63, 3.8) is 0 Å². The van der Waals surface area contributed by atoms with Crippen LogP contribution in [0.1, 0.15) is 18.9 Å². The lowest BCUT2D eigenvalue weighted by atomic mass is 9.97. The number of benzene rings is 1. The number of rotatable bonds is 4. The molecule has 92 valence electrons. The molecule has 2 rings (SSSR count). The first-order valence-electron chi connectivity index (χ1n) is 6.17. The lowest BCUT2D eigenvalue weighted by Gasteiger charge is -2.16. The summed E-state index contributed by atoms with van der Waals surface area (Å²) in [5.74, 6) is 0.766. The molecule has 3 atom stereocenters. The van der Waals surface area contributed by atoms with Gasteiger partial charge in [0, 0.05) is 5.92 Å². The van der Waals surface area contributed by atoms with Gasteiger partial charge >= 0.3 is 0 Å². The van der Waals surface area contributed by atoms with Gasteiger partial charge in [-0.25, -0.2) is 0 Å². The van der Waals surface area contributed by atoms with Gasteiger partial charge in [-0.05, 0) is 23.5 Å². The zero-order valence-electron chi connectivity index (χ0n) is 10.3. The topological polar surface area (TPSA) is 29.5 Å². The number of hydrogen-bond acceptors (Lipinski definition) is 2. The molecule has 0 spiro atoms. The van der Waals surface area contributed by atoms with Crippen molar-refractivity contribution in [2.75, 3.05) is 6.61 Å². The van der Waals surface area contributed by atoms with E-state index in [2.05, 4.69) is 25.6 Å². The number of aliphatic hydroxyl groups excluding tert-OH is 1. The standard InChI is InChI=1S/C15H20O2/c1-11-8-15(16)12(2)14(11)10-17-9-13-6-4-3-5-7-13/h3-7,11,14-16H,2,8-10H2,1H3/t11-,14+,15+/m0/s1. The van der Waals surface area contributed by atoms with Crippen LogP contribution in [0.5, 0.6) is 0 Å². The maximum Gasteiger partial charge on any atom is 0.0753 e. The Morgan fingerprint density at radius 2 is 2.06 bits per heavy atom. The Morgan fingerprint density at radius 3 is 2.65 bits per heavy atom. The Labute approximate surface area is 103 Å². The fourth-order valence-corrected chi connectivity index (χ4v) is 2.43. The Bertz CT molecular complexity index is 372. The second-order valence-corrected chi connectivity index (χ2v) is 4.91. The molecule has 1 aromatic rings. The van der Waals surface area contributed by atoms with Gasteiger partial charge in [0.15, 0.2) is 0 Å². The Kier molecular flexibility index (Phi) is 3.97. The lowest BCUT2D eigenvalue weighted by molar-refractivity contribution is 0.0870. The highest BCUT2D eigenvalue weighted by molar-refractivity contribution is 5.15. The molecule has 0 heterocycles. The van der Waals surface area contributed by atoms with E-state index < -0.39 is 0 Å². The van der Waals surface area contributed by atoms with Gasteiger partial charge < -0.3 is 9.84 Å². The number of ether oxygens (including phenoxy) is 1. The molecule has 1 aliphatic carbocycles. The molecule has 2 heteroatoms. The summed E-state index contributed by atoms with van der Waals surface area (Å²) < 4.78 is 5.72. The highest BCUT2D eigenvalue weighted by atomic mass is 16.5. The molecule has 0 unspecified atom stereocenters. The van der Waals surface area contributed by atoms with Gasteiger partial charge in [-0.15, -0.1) is 0 Å². The van der Waals surface area contributed by atoms with Crippen LogP contribution < -0.4 is 0 Å². The predicted octanol–water partition coefficient (Wildman–Crippen LogP) is 2.78. The van der Waals surface area contributed by atoms with Gasteiger partial charge in [-0.2, -0.15) is 0 Å². The van der Waals surface area contributed by atoms with Gasteiger partial charge in [-0.3, -0.25) is 0 Å². The van der Waals surface area contributed by atoms with Crippen LogP contribution in [0.4, 0.5) is 0 Å². The second-order valence-electron chi connectivity index (χ2n) is 4.91. The summed E-state index contributed by atoms with van der Waals surface area (Å²) in [5.41, 5.74) is 2.12. The summed E-state index contributed by atoms with van der Waals surface area (Å²) in [5, 5.41) is 9.70. The third-order valence-electron chi connectivity index (χ3n) is 3.60. The molecule has 1 fully saturated rings. The van der Waals surface area contributed by atoms with E-state index in [0.29, 0.717) is 25.0 Å². The third-order valence-corrected chi connectivity index (χ3v) is 3.60. The summed E-state index contributed by atoms with van der Waals surface area (Å²) in [6, 6.07) is 10.1. The van der Waals surface area contributed by atoms with Crippen LogP contribution in [0, 0.1) is 11.8 Å². The first kappa shape index (κ1) is 12.3. The van der Waals surface area contributed by atoms with Gasteiger partial charge in [-0.1, -0.05) is 43.8 Å². The van der Waals surface area contributed by atoms with Gasteiger partial charge in [0.1, 0.15) is 0 Å². The molecule has 0 bridgehead atoms. The molecule has 1 aromatic carbocycles. The van der Waals surface area contributed by atoms with Gasteiger partial charge in [0.2, 0.25) is 0 Å². The van der Waals surface area contributed by atoms with Crippen molar-refractivity contribution in [3.8, 4) is 0 Å². The summed E-state index contributed by atoms with van der Waals surface area (Å²) in [6.07, 6.45) is 0.480. The fourth-order valence-electron chi connectivity index (χ4n) is 2.43. The van der Waals surface area contributed by atoms with Crippen molar-refractivity contribution in [1.82, 2.24) is 0 Å². The quantitative estimate of drug-likeness (QED) is 0.809. The van der Waals surface area contributed by atoms with Gasteiger partial charge in [0.05, 0.1) is 19.3 Å². The van der Waals surface area contributed by atoms with E-state index in [0.717, 1.165) is 12.0 Å². The van der Waals surface area contributed by atoms with Crippen molar-refractivity contribution in [2.24, 2.45) is 11.8 Å². The summed E-state index contributed by atoms with van der Waals surface area (Å²) in [7, 11) is 0. The molecule has 1 aliphatic rings. The van der Waals surface area contributed by atoms with Crippen molar-refractivity contribution in [3.05, 3.63) is 48.0 Å². The van der Waals surface area contributed by atoms with E-state index in [-0.39, 0.29) is 6.10 Å². The van der Waals surface area contributed by atoms with Crippen LogP contribution in [-0.2, 0) is 11.3 Å². The van der Waals surface area contributed by atoms with E-state index >= 15 is 0 Å². The van der Waals surface area contributed by atoms with Crippen molar-refractivity contribution in [2.45, 2.75) is 26.1 Å². The van der Waals surface area contributed by atoms with Crippen molar-refractivity contribution < 1.29 is 9.84 Å². The average Bonchev–Trinajstić information content (AvgIpc) is 2.57. The van der Waals surface area contributed by atoms with Crippen molar-refractivity contribution in [1.29, 1.82) is 0 Å². The van der Waals surface area contributed by atoms with E-state index in [1.165, 1.54) is 5.56 Å². The molecular weight excluding hydrogens is 212 g/mol. The summed E-state index contributed by atoms with van der Waals surface area (Å²) in [6.45, 7) is 7.40. The number of aliphatic hydroxyl groups is 1. The lowest BCUT2D eigenvalue weighted by Crippen LogP contribution is -2.14. The minimum Gasteiger partial charge on any atom is -0.389 e. The van der Waals surface area contributed by atoms with Crippen LogP contribution in [0.25, 0.3) is 0 Å². The predicted molar refractivity (Wildman–Crippen MR) is 68.5 cm³/mol. The molecular formula is C15H20O2. The Morgan fingerprint density at radius 1 is 1.35 bits per heavy atom. The highest BCUT2D eigenvalue weighted by Gasteiger charge is 2.33. The maximum absolute atomic E-state index is 9.70. The molecule has 2 nitrogen and oxygen atoms in total. The van der Waals surface area contributed by atoms with Crippen LogP contribution in [0.3, 0.4) is 0 Å².